The Balaban J connectivity index is 1.79. The van der Waals surface area contributed by atoms with Gasteiger partial charge in [0.2, 0.25) is 0 Å². The first-order valence-electron chi connectivity index (χ1n) is 8.11. The molecule has 1 atom stereocenters. The lowest BCUT2D eigenvalue weighted by molar-refractivity contribution is 0.0599. The Labute approximate surface area is 145 Å². The first kappa shape index (κ1) is 16.9. The number of carbonyl (C=O) groups excluding carboxylic acids is 2. The molecular formula is C18H22N2O3S. The zero-order valence-electron chi connectivity index (χ0n) is 14.2. The second-order valence-electron chi connectivity index (χ2n) is 6.18. The molecule has 0 amide bonds. The number of nitrogens with zero attached hydrogens (tertiary/aromatic N) is 1. The zero-order chi connectivity index (χ0) is 17.3. The molecule has 6 heteroatoms. The highest BCUT2D eigenvalue weighted by Crippen LogP contribution is 2.34. The standard InChI is InChI=1S/C18H22N2O3S/c1-11-16(18(22)23-3)12(2)19-17(11)14(21)10-20-8-4-6-13(20)15-7-5-9-24-15/h5,7,9,13,19H,4,6,8,10H2,1-3H3/t13-/m0/s1. The second-order valence-corrected chi connectivity index (χ2v) is 7.16. The lowest BCUT2D eigenvalue weighted by atomic mass is 10.1. The number of aromatic amines is 1. The Morgan fingerprint density at radius 3 is 2.88 bits per heavy atom. The molecule has 24 heavy (non-hydrogen) atoms. The number of ketones is 1. The van der Waals surface area contributed by atoms with Gasteiger partial charge < -0.3 is 9.72 Å². The van der Waals surface area contributed by atoms with Gasteiger partial charge in [0.25, 0.3) is 0 Å². The molecule has 0 radical (unpaired) electrons. The number of carbonyl (C=O) groups is 2. The Bertz CT molecular complexity index is 749. The molecule has 1 aliphatic heterocycles. The van der Waals surface area contributed by atoms with Gasteiger partial charge in [-0.3, -0.25) is 9.69 Å². The summed E-state index contributed by atoms with van der Waals surface area (Å²) in [5, 5.41) is 2.08. The van der Waals surface area contributed by atoms with E-state index < -0.39 is 5.97 Å². The molecule has 3 rings (SSSR count). The van der Waals surface area contributed by atoms with Crippen LogP contribution in [0.15, 0.2) is 17.5 Å². The summed E-state index contributed by atoms with van der Waals surface area (Å²) in [5.74, 6) is -0.382. The fourth-order valence-corrected chi connectivity index (χ4v) is 4.41. The van der Waals surface area contributed by atoms with Gasteiger partial charge >= 0.3 is 5.97 Å². The van der Waals surface area contributed by atoms with Crippen molar-refractivity contribution in [2.45, 2.75) is 32.7 Å². The maximum Gasteiger partial charge on any atom is 0.339 e. The number of ether oxygens (including phenoxy) is 1. The number of nitrogens with one attached hydrogen (secondary N) is 1. The number of rotatable bonds is 5. The topological polar surface area (TPSA) is 62.4 Å². The van der Waals surface area contributed by atoms with E-state index in [1.54, 1.807) is 25.2 Å². The van der Waals surface area contributed by atoms with E-state index in [-0.39, 0.29) is 5.78 Å². The van der Waals surface area contributed by atoms with E-state index in [4.69, 9.17) is 4.74 Å². The van der Waals surface area contributed by atoms with E-state index in [1.807, 2.05) is 0 Å². The average Bonchev–Trinajstić information content (AvgIpc) is 3.27. The molecule has 0 aliphatic carbocycles. The number of hydrogen-bond acceptors (Lipinski definition) is 5. The van der Waals surface area contributed by atoms with E-state index in [0.29, 0.717) is 35.1 Å². The molecule has 0 spiro atoms. The fourth-order valence-electron chi connectivity index (χ4n) is 3.52. The van der Waals surface area contributed by atoms with Crippen molar-refractivity contribution in [3.8, 4) is 0 Å². The highest BCUT2D eigenvalue weighted by molar-refractivity contribution is 7.10. The van der Waals surface area contributed by atoms with Crippen molar-refractivity contribution in [2.24, 2.45) is 0 Å². The average molecular weight is 346 g/mol. The summed E-state index contributed by atoms with van der Waals surface area (Å²) in [6.07, 6.45) is 2.19. The van der Waals surface area contributed by atoms with Gasteiger partial charge in [0.05, 0.1) is 24.9 Å². The van der Waals surface area contributed by atoms with E-state index in [9.17, 15) is 9.59 Å². The molecule has 1 aliphatic rings. The van der Waals surface area contributed by atoms with Crippen LogP contribution in [0, 0.1) is 13.8 Å². The molecule has 128 valence electrons. The summed E-state index contributed by atoms with van der Waals surface area (Å²) in [6, 6.07) is 4.52. The number of hydrogen-bond donors (Lipinski definition) is 1. The number of methoxy groups -OCH3 is 1. The smallest absolute Gasteiger partial charge is 0.339 e. The van der Waals surface area contributed by atoms with E-state index in [0.717, 1.165) is 19.4 Å². The van der Waals surface area contributed by atoms with Crippen LogP contribution < -0.4 is 0 Å². The van der Waals surface area contributed by atoms with Crippen molar-refractivity contribution in [1.29, 1.82) is 0 Å². The molecule has 0 bridgehead atoms. The third-order valence-electron chi connectivity index (χ3n) is 4.69. The van der Waals surface area contributed by atoms with E-state index >= 15 is 0 Å². The van der Waals surface area contributed by atoms with Crippen molar-refractivity contribution in [1.82, 2.24) is 9.88 Å². The number of aryl methyl sites for hydroxylation is 1. The lowest BCUT2D eigenvalue weighted by Crippen LogP contribution is -2.29. The number of esters is 1. The summed E-state index contributed by atoms with van der Waals surface area (Å²) < 4.78 is 4.81. The Morgan fingerprint density at radius 1 is 1.42 bits per heavy atom. The quantitative estimate of drug-likeness (QED) is 0.665. The Hall–Kier alpha value is -1.92. The van der Waals surface area contributed by atoms with Crippen LogP contribution in [0.2, 0.25) is 0 Å². The SMILES string of the molecule is COC(=O)c1c(C)[nH]c(C(=O)CN2CCC[C@H]2c2cccs2)c1C. The zero-order valence-corrected chi connectivity index (χ0v) is 15.0. The number of thiophene rings is 1. The van der Waals surface area contributed by atoms with Gasteiger partial charge in [0, 0.05) is 16.6 Å². The highest BCUT2D eigenvalue weighted by atomic mass is 32.1. The number of Topliss-reactive ketones (excluding diaryl/α,β-unsaturated/α-hetero) is 1. The van der Waals surface area contributed by atoms with Crippen LogP contribution in [0.25, 0.3) is 0 Å². The molecule has 5 nitrogen and oxygen atoms in total. The lowest BCUT2D eigenvalue weighted by Gasteiger charge is -2.22. The minimum Gasteiger partial charge on any atom is -0.465 e. The van der Waals surface area contributed by atoms with Crippen molar-refractivity contribution in [3.05, 3.63) is 44.9 Å². The van der Waals surface area contributed by atoms with Crippen LogP contribution in [-0.2, 0) is 4.74 Å². The first-order chi connectivity index (χ1) is 11.5. The molecule has 1 saturated heterocycles. The third-order valence-corrected chi connectivity index (χ3v) is 5.66. The Kier molecular flexibility index (Phi) is 4.87. The van der Waals surface area contributed by atoms with Crippen LogP contribution in [0.4, 0.5) is 0 Å². The summed E-state index contributed by atoms with van der Waals surface area (Å²) in [6.45, 7) is 4.88. The summed E-state index contributed by atoms with van der Waals surface area (Å²) in [4.78, 5) is 31.3. The molecule has 0 saturated carbocycles. The van der Waals surface area contributed by atoms with Crippen molar-refractivity contribution < 1.29 is 14.3 Å². The summed E-state index contributed by atoms with van der Waals surface area (Å²) in [5.41, 5.74) is 2.34. The minimum atomic E-state index is -0.405. The van der Waals surface area contributed by atoms with Gasteiger partial charge in [-0.05, 0) is 50.2 Å². The number of aromatic nitrogens is 1. The molecule has 2 aromatic heterocycles. The molecule has 2 aromatic rings. The summed E-state index contributed by atoms with van der Waals surface area (Å²) in [7, 11) is 1.35. The maximum absolute atomic E-state index is 12.8. The van der Waals surface area contributed by atoms with Gasteiger partial charge in [-0.1, -0.05) is 6.07 Å². The van der Waals surface area contributed by atoms with Gasteiger partial charge in [-0.25, -0.2) is 4.79 Å². The van der Waals surface area contributed by atoms with Gasteiger partial charge in [-0.2, -0.15) is 0 Å². The molecule has 0 aromatic carbocycles. The predicted molar refractivity (Wildman–Crippen MR) is 93.8 cm³/mol. The molecule has 1 fully saturated rings. The Morgan fingerprint density at radius 2 is 2.21 bits per heavy atom. The number of H-pyrrole nitrogens is 1. The van der Waals surface area contributed by atoms with Crippen LogP contribution in [0.3, 0.4) is 0 Å². The second kappa shape index (κ2) is 6.91. The van der Waals surface area contributed by atoms with E-state index in [2.05, 4.69) is 27.4 Å². The van der Waals surface area contributed by atoms with Gasteiger partial charge in [0.1, 0.15) is 0 Å². The predicted octanol–water partition coefficient (Wildman–Crippen LogP) is 3.50. The normalized spacial score (nSPS) is 18.0. The first-order valence-corrected chi connectivity index (χ1v) is 8.99. The van der Waals surface area contributed by atoms with Crippen LogP contribution in [-0.4, -0.2) is 41.8 Å². The monoisotopic (exact) mass is 346 g/mol. The molecule has 3 heterocycles. The van der Waals surface area contributed by atoms with Crippen molar-refractivity contribution in [3.63, 3.8) is 0 Å². The van der Waals surface area contributed by atoms with Crippen molar-refractivity contribution >= 4 is 23.1 Å². The van der Waals surface area contributed by atoms with E-state index in [1.165, 1.54) is 12.0 Å². The number of likely N-dealkylation sites (tertiary alicyclic amines) is 1. The van der Waals surface area contributed by atoms with Crippen LogP contribution >= 0.6 is 11.3 Å². The van der Waals surface area contributed by atoms with Crippen molar-refractivity contribution in [2.75, 3.05) is 20.2 Å². The van der Waals surface area contributed by atoms with Gasteiger partial charge in [0.15, 0.2) is 5.78 Å². The molecular weight excluding hydrogens is 324 g/mol. The fraction of sp³-hybridized carbons (Fsp3) is 0.444. The van der Waals surface area contributed by atoms with Gasteiger partial charge in [-0.15, -0.1) is 11.3 Å². The third kappa shape index (κ3) is 3.03. The van der Waals surface area contributed by atoms with Crippen LogP contribution in [0.5, 0.6) is 0 Å². The highest BCUT2D eigenvalue weighted by Gasteiger charge is 2.30. The molecule has 0 unspecified atom stereocenters. The van der Waals surface area contributed by atoms with Crippen LogP contribution in [0.1, 0.15) is 55.9 Å². The minimum absolute atomic E-state index is 0.0224. The maximum atomic E-state index is 12.8. The molecule has 1 N–H and O–H groups in total. The summed E-state index contributed by atoms with van der Waals surface area (Å²) >= 11 is 1.74. The largest absolute Gasteiger partial charge is 0.465 e.